The number of anilines is 1. The Kier molecular flexibility index (Phi) is 4.50. The first-order valence-corrected chi connectivity index (χ1v) is 6.77. The van der Waals surface area contributed by atoms with E-state index < -0.39 is 0 Å². The molecule has 0 aliphatic rings. The molecular formula is C15H20N4O. The number of hydrogen-bond donors (Lipinski definition) is 1. The molecule has 0 spiro atoms. The Morgan fingerprint density at radius 1 is 1.25 bits per heavy atom. The van der Waals surface area contributed by atoms with Crippen LogP contribution in [-0.2, 0) is 24.2 Å². The maximum atomic E-state index is 12.1. The highest BCUT2D eigenvalue weighted by Gasteiger charge is 2.11. The van der Waals surface area contributed by atoms with Gasteiger partial charge < -0.3 is 5.73 Å². The van der Waals surface area contributed by atoms with Gasteiger partial charge in [-0.15, -0.1) is 0 Å². The van der Waals surface area contributed by atoms with Gasteiger partial charge in [0.15, 0.2) is 0 Å². The van der Waals surface area contributed by atoms with Gasteiger partial charge in [0.05, 0.1) is 6.42 Å². The van der Waals surface area contributed by atoms with Crippen LogP contribution in [0.25, 0.3) is 0 Å². The summed E-state index contributed by atoms with van der Waals surface area (Å²) < 4.78 is 1.81. The minimum atomic E-state index is 0.132. The third kappa shape index (κ3) is 3.91. The Hall–Kier alpha value is -2.17. The van der Waals surface area contributed by atoms with Gasteiger partial charge in [-0.2, -0.15) is 5.10 Å². The van der Waals surface area contributed by atoms with E-state index in [2.05, 4.69) is 23.9 Å². The van der Waals surface area contributed by atoms with E-state index in [4.69, 9.17) is 5.73 Å². The SMILES string of the molecule is CC(C)Cn1ncnc1CC(=O)Cc1ccc(N)cc1. The standard InChI is InChI=1S/C15H20N4O/c1-11(2)9-19-15(17-10-18-19)8-14(20)7-12-3-5-13(16)6-4-12/h3-6,10-11H,7-9,16H2,1-2H3. The molecule has 0 aliphatic heterocycles. The Labute approximate surface area is 118 Å². The minimum absolute atomic E-state index is 0.132. The van der Waals surface area contributed by atoms with Crippen molar-refractivity contribution in [1.29, 1.82) is 0 Å². The Balaban J connectivity index is 1.98. The zero-order valence-corrected chi connectivity index (χ0v) is 11.9. The first-order valence-electron chi connectivity index (χ1n) is 6.77. The Morgan fingerprint density at radius 2 is 1.95 bits per heavy atom. The quantitative estimate of drug-likeness (QED) is 0.815. The van der Waals surface area contributed by atoms with Crippen molar-refractivity contribution in [2.24, 2.45) is 5.92 Å². The topological polar surface area (TPSA) is 73.8 Å². The van der Waals surface area contributed by atoms with E-state index in [1.165, 1.54) is 6.33 Å². The third-order valence-electron chi connectivity index (χ3n) is 2.97. The molecule has 2 aromatic rings. The summed E-state index contributed by atoms with van der Waals surface area (Å²) in [5.74, 6) is 1.34. The van der Waals surface area contributed by atoms with Gasteiger partial charge in [0.2, 0.25) is 0 Å². The highest BCUT2D eigenvalue weighted by molar-refractivity contribution is 5.82. The van der Waals surface area contributed by atoms with Crippen LogP contribution in [0.2, 0.25) is 0 Å². The summed E-state index contributed by atoms with van der Waals surface area (Å²) in [7, 11) is 0. The molecule has 0 aliphatic carbocycles. The fourth-order valence-corrected chi connectivity index (χ4v) is 2.03. The summed E-state index contributed by atoms with van der Waals surface area (Å²) in [5, 5.41) is 4.16. The molecule has 20 heavy (non-hydrogen) atoms. The number of nitrogens with two attached hydrogens (primary N) is 1. The monoisotopic (exact) mass is 272 g/mol. The number of nitrogen functional groups attached to an aromatic ring is 1. The molecule has 0 saturated heterocycles. The van der Waals surface area contributed by atoms with Gasteiger partial charge in [-0.25, -0.2) is 9.67 Å². The molecule has 0 radical (unpaired) electrons. The molecule has 0 unspecified atom stereocenters. The van der Waals surface area contributed by atoms with Gasteiger partial charge in [-0.05, 0) is 23.6 Å². The predicted molar refractivity (Wildman–Crippen MR) is 78.1 cm³/mol. The van der Waals surface area contributed by atoms with Gasteiger partial charge in [0.25, 0.3) is 0 Å². The van der Waals surface area contributed by atoms with E-state index in [1.807, 2.05) is 28.9 Å². The third-order valence-corrected chi connectivity index (χ3v) is 2.97. The number of carbonyl (C=O) groups is 1. The second-order valence-corrected chi connectivity index (χ2v) is 5.39. The van der Waals surface area contributed by atoms with Crippen molar-refractivity contribution >= 4 is 11.5 Å². The van der Waals surface area contributed by atoms with Gasteiger partial charge in [0.1, 0.15) is 17.9 Å². The summed E-state index contributed by atoms with van der Waals surface area (Å²) in [6.45, 7) is 5.01. The van der Waals surface area contributed by atoms with Gasteiger partial charge in [-0.3, -0.25) is 4.79 Å². The van der Waals surface area contributed by atoms with Crippen LogP contribution in [0.1, 0.15) is 25.2 Å². The fraction of sp³-hybridized carbons (Fsp3) is 0.400. The first kappa shape index (κ1) is 14.2. The summed E-state index contributed by atoms with van der Waals surface area (Å²) >= 11 is 0. The summed E-state index contributed by atoms with van der Waals surface area (Å²) in [6, 6.07) is 7.38. The van der Waals surface area contributed by atoms with Crippen LogP contribution in [0.3, 0.4) is 0 Å². The lowest BCUT2D eigenvalue weighted by Gasteiger charge is -2.08. The molecule has 1 aromatic heterocycles. The second kappa shape index (κ2) is 6.32. The maximum Gasteiger partial charge on any atom is 0.144 e. The number of nitrogens with zero attached hydrogens (tertiary/aromatic N) is 3. The Morgan fingerprint density at radius 3 is 2.60 bits per heavy atom. The van der Waals surface area contributed by atoms with E-state index in [9.17, 15) is 4.79 Å². The van der Waals surface area contributed by atoms with Gasteiger partial charge >= 0.3 is 0 Å². The van der Waals surface area contributed by atoms with E-state index in [0.717, 1.165) is 17.9 Å². The number of rotatable bonds is 6. The first-order chi connectivity index (χ1) is 9.54. The summed E-state index contributed by atoms with van der Waals surface area (Å²) in [5.41, 5.74) is 7.30. The molecule has 1 aromatic carbocycles. The largest absolute Gasteiger partial charge is 0.399 e. The molecule has 2 N–H and O–H groups in total. The van der Waals surface area contributed by atoms with Crippen LogP contribution < -0.4 is 5.73 Å². The van der Waals surface area contributed by atoms with Crippen molar-refractivity contribution < 1.29 is 4.79 Å². The van der Waals surface area contributed by atoms with Crippen molar-refractivity contribution in [3.8, 4) is 0 Å². The lowest BCUT2D eigenvalue weighted by atomic mass is 10.1. The summed E-state index contributed by atoms with van der Waals surface area (Å²) in [6.07, 6.45) is 2.22. The Bertz CT molecular complexity index is 572. The average Bonchev–Trinajstić information content (AvgIpc) is 2.78. The number of benzene rings is 1. The molecule has 0 atom stereocenters. The summed E-state index contributed by atoms with van der Waals surface area (Å²) in [4.78, 5) is 16.3. The zero-order chi connectivity index (χ0) is 14.5. The minimum Gasteiger partial charge on any atom is -0.399 e. The second-order valence-electron chi connectivity index (χ2n) is 5.39. The van der Waals surface area contributed by atoms with Crippen LogP contribution in [0.15, 0.2) is 30.6 Å². The van der Waals surface area contributed by atoms with Gasteiger partial charge in [0, 0.05) is 18.7 Å². The molecule has 0 bridgehead atoms. The van der Waals surface area contributed by atoms with Crippen molar-refractivity contribution in [3.63, 3.8) is 0 Å². The molecular weight excluding hydrogens is 252 g/mol. The van der Waals surface area contributed by atoms with Crippen molar-refractivity contribution in [1.82, 2.24) is 14.8 Å². The van der Waals surface area contributed by atoms with Crippen molar-refractivity contribution in [2.75, 3.05) is 5.73 Å². The number of Topliss-reactive ketones (excluding diaryl/α,β-unsaturated/α-hetero) is 1. The van der Waals surface area contributed by atoms with E-state index in [-0.39, 0.29) is 5.78 Å². The zero-order valence-electron chi connectivity index (χ0n) is 11.9. The highest BCUT2D eigenvalue weighted by atomic mass is 16.1. The van der Waals surface area contributed by atoms with Crippen LogP contribution in [0.5, 0.6) is 0 Å². The van der Waals surface area contributed by atoms with Crippen molar-refractivity contribution in [3.05, 3.63) is 42.0 Å². The molecule has 0 amide bonds. The molecule has 5 heteroatoms. The van der Waals surface area contributed by atoms with Crippen molar-refractivity contribution in [2.45, 2.75) is 33.2 Å². The normalized spacial score (nSPS) is 10.9. The van der Waals surface area contributed by atoms with Crippen LogP contribution in [0.4, 0.5) is 5.69 Å². The number of ketones is 1. The molecule has 2 rings (SSSR count). The lowest BCUT2D eigenvalue weighted by Crippen LogP contribution is -2.15. The van der Waals surface area contributed by atoms with E-state index in [1.54, 1.807) is 0 Å². The number of carbonyl (C=O) groups excluding carboxylic acids is 1. The average molecular weight is 272 g/mol. The van der Waals surface area contributed by atoms with Crippen LogP contribution >= 0.6 is 0 Å². The van der Waals surface area contributed by atoms with Crippen LogP contribution in [0, 0.1) is 5.92 Å². The number of aromatic nitrogens is 3. The molecule has 0 saturated carbocycles. The number of hydrogen-bond acceptors (Lipinski definition) is 4. The molecule has 1 heterocycles. The predicted octanol–water partition coefficient (Wildman–Crippen LogP) is 1.87. The van der Waals surface area contributed by atoms with Crippen LogP contribution in [-0.4, -0.2) is 20.5 Å². The van der Waals surface area contributed by atoms with E-state index >= 15 is 0 Å². The molecule has 106 valence electrons. The fourth-order valence-electron chi connectivity index (χ4n) is 2.03. The highest BCUT2D eigenvalue weighted by Crippen LogP contribution is 2.08. The smallest absolute Gasteiger partial charge is 0.144 e. The molecule has 5 nitrogen and oxygen atoms in total. The van der Waals surface area contributed by atoms with Gasteiger partial charge in [-0.1, -0.05) is 26.0 Å². The maximum absolute atomic E-state index is 12.1. The van der Waals surface area contributed by atoms with E-state index in [0.29, 0.717) is 24.4 Å². The molecule has 0 fully saturated rings. The lowest BCUT2D eigenvalue weighted by molar-refractivity contribution is -0.117.